The van der Waals surface area contributed by atoms with E-state index in [1.807, 2.05) is 6.92 Å². The molecule has 1 aromatic carbocycles. The van der Waals surface area contributed by atoms with E-state index in [4.69, 9.17) is 11.5 Å². The third-order valence-corrected chi connectivity index (χ3v) is 2.63. The summed E-state index contributed by atoms with van der Waals surface area (Å²) in [5.74, 6) is 1.64. The van der Waals surface area contributed by atoms with E-state index in [2.05, 4.69) is 11.2 Å². The molecule has 2 N–H and O–H groups in total. The number of carboxylic acid groups (broad SMARTS) is 1. The lowest BCUT2D eigenvalue weighted by Crippen LogP contribution is -2.42. The van der Waals surface area contributed by atoms with E-state index in [1.165, 1.54) is 0 Å². The van der Waals surface area contributed by atoms with Gasteiger partial charge in [-0.3, -0.25) is 0 Å². The predicted octanol–water partition coefficient (Wildman–Crippen LogP) is 2.33. The van der Waals surface area contributed by atoms with Gasteiger partial charge in [-0.05, 0) is 31.5 Å². The Balaban J connectivity index is 2.95. The normalized spacial score (nSPS) is 13.6. The third-order valence-electron chi connectivity index (χ3n) is 2.63. The molecule has 0 saturated carbocycles. The summed E-state index contributed by atoms with van der Waals surface area (Å²) in [7, 11) is 0. The molecule has 0 amide bonds. The highest BCUT2D eigenvalue weighted by Crippen LogP contribution is 2.19. The monoisotopic (exact) mass is 217 g/mol. The largest absolute Gasteiger partial charge is 0.480 e. The second-order valence-corrected chi connectivity index (χ2v) is 3.84. The molecule has 0 aromatic heterocycles. The molecular formula is C13H15NO2. The number of benzene rings is 1. The van der Waals surface area contributed by atoms with Gasteiger partial charge in [-0.2, -0.15) is 0 Å². The molecule has 1 unspecified atom stereocenters. The number of aliphatic carboxylic acids is 1. The minimum atomic E-state index is -0.965. The SMILES string of the molecule is C#Cc1cccc(NC(C)(CC)C(=O)O)c1. The number of carboxylic acids is 1. The molecule has 3 nitrogen and oxygen atoms in total. The summed E-state index contributed by atoms with van der Waals surface area (Å²) in [6.45, 7) is 3.48. The van der Waals surface area contributed by atoms with Crippen LogP contribution in [-0.4, -0.2) is 16.6 Å². The molecule has 0 saturated heterocycles. The molecule has 0 heterocycles. The highest BCUT2D eigenvalue weighted by atomic mass is 16.4. The Hall–Kier alpha value is -1.95. The van der Waals surface area contributed by atoms with Crippen molar-refractivity contribution in [1.29, 1.82) is 0 Å². The standard InChI is InChI=1S/C13H15NO2/c1-4-10-7-6-8-11(9-10)14-13(3,5-2)12(15)16/h1,6-9,14H,5H2,2-3H3,(H,15,16). The molecule has 0 fully saturated rings. The lowest BCUT2D eigenvalue weighted by Gasteiger charge is -2.25. The van der Waals surface area contributed by atoms with Crippen molar-refractivity contribution >= 4 is 11.7 Å². The molecule has 16 heavy (non-hydrogen) atoms. The summed E-state index contributed by atoms with van der Waals surface area (Å²) < 4.78 is 0. The zero-order valence-corrected chi connectivity index (χ0v) is 9.45. The first-order valence-corrected chi connectivity index (χ1v) is 5.10. The molecule has 0 aliphatic rings. The molecule has 1 atom stereocenters. The van der Waals surface area contributed by atoms with Gasteiger partial charge in [-0.1, -0.05) is 18.9 Å². The van der Waals surface area contributed by atoms with Crippen molar-refractivity contribution in [2.24, 2.45) is 0 Å². The Bertz CT molecular complexity index is 434. The van der Waals surface area contributed by atoms with Gasteiger partial charge in [0.15, 0.2) is 0 Å². The number of terminal acetylenes is 1. The lowest BCUT2D eigenvalue weighted by atomic mass is 9.98. The second kappa shape index (κ2) is 4.71. The zero-order chi connectivity index (χ0) is 12.2. The van der Waals surface area contributed by atoms with E-state index in [0.717, 1.165) is 11.3 Å². The molecule has 0 radical (unpaired) electrons. The quantitative estimate of drug-likeness (QED) is 0.761. The van der Waals surface area contributed by atoms with Gasteiger partial charge < -0.3 is 10.4 Å². The fourth-order valence-corrected chi connectivity index (χ4v) is 1.30. The van der Waals surface area contributed by atoms with Crippen LogP contribution in [0.25, 0.3) is 0 Å². The van der Waals surface area contributed by atoms with E-state index in [1.54, 1.807) is 31.2 Å². The van der Waals surface area contributed by atoms with Crippen LogP contribution in [0.1, 0.15) is 25.8 Å². The van der Waals surface area contributed by atoms with Crippen molar-refractivity contribution < 1.29 is 9.90 Å². The van der Waals surface area contributed by atoms with Crippen molar-refractivity contribution in [3.05, 3.63) is 29.8 Å². The van der Waals surface area contributed by atoms with Crippen molar-refractivity contribution in [2.45, 2.75) is 25.8 Å². The van der Waals surface area contributed by atoms with E-state index in [-0.39, 0.29) is 0 Å². The lowest BCUT2D eigenvalue weighted by molar-refractivity contribution is -0.141. The second-order valence-electron chi connectivity index (χ2n) is 3.84. The fourth-order valence-electron chi connectivity index (χ4n) is 1.30. The van der Waals surface area contributed by atoms with Crippen LogP contribution < -0.4 is 5.32 Å². The molecule has 1 rings (SSSR count). The minimum Gasteiger partial charge on any atom is -0.480 e. The van der Waals surface area contributed by atoms with Crippen molar-refractivity contribution in [1.82, 2.24) is 0 Å². The number of carbonyl (C=O) groups is 1. The third kappa shape index (κ3) is 2.54. The van der Waals surface area contributed by atoms with Crippen LogP contribution in [0.15, 0.2) is 24.3 Å². The van der Waals surface area contributed by atoms with Crippen LogP contribution in [0, 0.1) is 12.3 Å². The van der Waals surface area contributed by atoms with Crippen molar-refractivity contribution in [3.63, 3.8) is 0 Å². The van der Waals surface area contributed by atoms with E-state index >= 15 is 0 Å². The molecule has 84 valence electrons. The summed E-state index contributed by atoms with van der Waals surface area (Å²) >= 11 is 0. The Kier molecular flexibility index (Phi) is 3.57. The van der Waals surface area contributed by atoms with Gasteiger partial charge >= 0.3 is 5.97 Å². The first-order valence-electron chi connectivity index (χ1n) is 5.10. The Morgan fingerprint density at radius 3 is 2.81 bits per heavy atom. The molecule has 1 aromatic rings. The summed E-state index contributed by atoms with van der Waals surface area (Å²) in [5.41, 5.74) is 0.490. The first-order chi connectivity index (χ1) is 7.51. The van der Waals surface area contributed by atoms with Crippen LogP contribution in [0.4, 0.5) is 5.69 Å². The predicted molar refractivity (Wildman–Crippen MR) is 64.3 cm³/mol. The maximum Gasteiger partial charge on any atom is 0.329 e. The fraction of sp³-hybridized carbons (Fsp3) is 0.308. The van der Waals surface area contributed by atoms with Gasteiger partial charge in [0.05, 0.1) is 0 Å². The maximum atomic E-state index is 11.1. The molecule has 0 aliphatic heterocycles. The number of nitrogens with one attached hydrogen (secondary N) is 1. The molecule has 0 aliphatic carbocycles. The highest BCUT2D eigenvalue weighted by molar-refractivity contribution is 5.82. The number of anilines is 1. The van der Waals surface area contributed by atoms with Gasteiger partial charge in [-0.15, -0.1) is 6.42 Å². The highest BCUT2D eigenvalue weighted by Gasteiger charge is 2.30. The van der Waals surface area contributed by atoms with E-state index in [0.29, 0.717) is 6.42 Å². The van der Waals surface area contributed by atoms with Gasteiger partial charge in [0.1, 0.15) is 5.54 Å². The Morgan fingerprint density at radius 2 is 2.31 bits per heavy atom. The van der Waals surface area contributed by atoms with Crippen LogP contribution in [0.2, 0.25) is 0 Å². The summed E-state index contributed by atoms with van der Waals surface area (Å²) in [5, 5.41) is 12.1. The van der Waals surface area contributed by atoms with Crippen LogP contribution in [-0.2, 0) is 4.79 Å². The minimum absolute atomic E-state index is 0.489. The first kappa shape index (κ1) is 12.1. The van der Waals surface area contributed by atoms with Gasteiger partial charge in [0.25, 0.3) is 0 Å². The Morgan fingerprint density at radius 1 is 1.62 bits per heavy atom. The summed E-state index contributed by atoms with van der Waals surface area (Å²) in [6.07, 6.45) is 5.77. The molecule has 0 spiro atoms. The van der Waals surface area contributed by atoms with Crippen molar-refractivity contribution in [2.75, 3.05) is 5.32 Å². The van der Waals surface area contributed by atoms with Crippen LogP contribution in [0.3, 0.4) is 0 Å². The summed E-state index contributed by atoms with van der Waals surface area (Å²) in [6, 6.07) is 7.17. The van der Waals surface area contributed by atoms with Crippen LogP contribution in [0.5, 0.6) is 0 Å². The molecular weight excluding hydrogens is 202 g/mol. The van der Waals surface area contributed by atoms with E-state index in [9.17, 15) is 4.79 Å². The van der Waals surface area contributed by atoms with Gasteiger partial charge in [-0.25, -0.2) is 4.79 Å². The number of rotatable bonds is 4. The van der Waals surface area contributed by atoms with Crippen LogP contribution >= 0.6 is 0 Å². The average molecular weight is 217 g/mol. The molecule has 3 heteroatoms. The zero-order valence-electron chi connectivity index (χ0n) is 9.45. The summed E-state index contributed by atoms with van der Waals surface area (Å²) in [4.78, 5) is 11.1. The molecule has 0 bridgehead atoms. The maximum absolute atomic E-state index is 11.1. The van der Waals surface area contributed by atoms with Gasteiger partial charge in [0, 0.05) is 11.3 Å². The number of hydrogen-bond acceptors (Lipinski definition) is 2. The topological polar surface area (TPSA) is 49.3 Å². The van der Waals surface area contributed by atoms with E-state index < -0.39 is 11.5 Å². The smallest absolute Gasteiger partial charge is 0.329 e. The average Bonchev–Trinajstić information content (AvgIpc) is 2.29. The number of hydrogen-bond donors (Lipinski definition) is 2. The van der Waals surface area contributed by atoms with Crippen molar-refractivity contribution in [3.8, 4) is 12.3 Å². The Labute approximate surface area is 95.5 Å². The van der Waals surface area contributed by atoms with Gasteiger partial charge in [0.2, 0.25) is 0 Å².